The predicted octanol–water partition coefficient (Wildman–Crippen LogP) is 0.215. The lowest BCUT2D eigenvalue weighted by Crippen LogP contribution is -2.24. The Bertz CT molecular complexity index is 464. The maximum Gasteiger partial charge on any atom is 0.257 e. The number of sulfone groups is 1. The number of likely N-dealkylation sites (N-methyl/N-ethyl adjacent to an activating group) is 1. The quantitative estimate of drug-likeness (QED) is 0.820. The van der Waals surface area contributed by atoms with Gasteiger partial charge in [0.2, 0.25) is 0 Å². The van der Waals surface area contributed by atoms with Crippen LogP contribution in [0.1, 0.15) is 0 Å². The standard InChI is InChI=1S/C10H13NO4S/c1-11-10(12)7-15-8-3-5-9(6-4-8)16(2,13)14/h3-6H,7H2,1-2H3,(H,11,12). The van der Waals surface area contributed by atoms with Crippen LogP contribution in [0.15, 0.2) is 29.2 Å². The second kappa shape index (κ2) is 4.98. The minimum Gasteiger partial charge on any atom is -0.484 e. The third kappa shape index (κ3) is 3.54. The first kappa shape index (κ1) is 12.5. The normalized spacial score (nSPS) is 10.9. The first-order chi connectivity index (χ1) is 7.43. The Balaban J connectivity index is 2.69. The fraction of sp³-hybridized carbons (Fsp3) is 0.300. The molecular formula is C10H13NO4S. The van der Waals surface area contributed by atoms with Gasteiger partial charge in [0.15, 0.2) is 16.4 Å². The number of hydrogen-bond acceptors (Lipinski definition) is 4. The SMILES string of the molecule is CNC(=O)COc1ccc(S(C)(=O)=O)cc1. The number of carbonyl (C=O) groups is 1. The van der Waals surface area contributed by atoms with E-state index in [-0.39, 0.29) is 17.4 Å². The van der Waals surface area contributed by atoms with Crippen LogP contribution in [0, 0.1) is 0 Å². The molecule has 0 aliphatic rings. The van der Waals surface area contributed by atoms with Crippen LogP contribution in [0.4, 0.5) is 0 Å². The number of nitrogens with one attached hydrogen (secondary N) is 1. The average molecular weight is 243 g/mol. The summed E-state index contributed by atoms with van der Waals surface area (Å²) in [6, 6.07) is 5.90. The highest BCUT2D eigenvalue weighted by Gasteiger charge is 2.06. The van der Waals surface area contributed by atoms with E-state index in [1.54, 1.807) is 0 Å². The van der Waals surface area contributed by atoms with Gasteiger partial charge in [-0.2, -0.15) is 0 Å². The van der Waals surface area contributed by atoms with Crippen LogP contribution in [-0.4, -0.2) is 34.2 Å². The summed E-state index contributed by atoms with van der Waals surface area (Å²) in [6.45, 7) is -0.0886. The number of ether oxygens (including phenoxy) is 1. The second-order valence-corrected chi connectivity index (χ2v) is 5.22. The van der Waals surface area contributed by atoms with Gasteiger partial charge in [0.25, 0.3) is 5.91 Å². The first-order valence-electron chi connectivity index (χ1n) is 4.57. The van der Waals surface area contributed by atoms with E-state index >= 15 is 0 Å². The number of amides is 1. The van der Waals surface area contributed by atoms with Gasteiger partial charge in [-0.3, -0.25) is 4.79 Å². The Morgan fingerprint density at radius 2 is 1.88 bits per heavy atom. The molecule has 1 aromatic rings. The summed E-state index contributed by atoms with van der Waals surface area (Å²) >= 11 is 0. The van der Waals surface area contributed by atoms with Crippen molar-refractivity contribution in [3.05, 3.63) is 24.3 Å². The summed E-state index contributed by atoms with van der Waals surface area (Å²) in [5, 5.41) is 2.41. The minimum absolute atomic E-state index is 0.0886. The minimum atomic E-state index is -3.19. The highest BCUT2D eigenvalue weighted by atomic mass is 32.2. The van der Waals surface area contributed by atoms with Crippen molar-refractivity contribution in [1.82, 2.24) is 5.32 Å². The molecule has 88 valence electrons. The molecule has 1 aromatic carbocycles. The van der Waals surface area contributed by atoms with E-state index in [4.69, 9.17) is 4.74 Å². The van der Waals surface area contributed by atoms with Crippen molar-refractivity contribution in [2.45, 2.75) is 4.90 Å². The molecule has 0 saturated heterocycles. The Hall–Kier alpha value is -1.56. The van der Waals surface area contributed by atoms with Crippen LogP contribution in [0.3, 0.4) is 0 Å². The largest absolute Gasteiger partial charge is 0.484 e. The van der Waals surface area contributed by atoms with E-state index in [1.165, 1.54) is 31.3 Å². The van der Waals surface area contributed by atoms with Crippen molar-refractivity contribution in [2.24, 2.45) is 0 Å². The van der Waals surface area contributed by atoms with Crippen LogP contribution >= 0.6 is 0 Å². The van der Waals surface area contributed by atoms with Crippen molar-refractivity contribution in [2.75, 3.05) is 19.9 Å². The Kier molecular flexibility index (Phi) is 3.89. The second-order valence-electron chi connectivity index (χ2n) is 3.21. The number of rotatable bonds is 4. The van der Waals surface area contributed by atoms with Crippen LogP contribution in [0.25, 0.3) is 0 Å². The topological polar surface area (TPSA) is 72.5 Å². The third-order valence-electron chi connectivity index (χ3n) is 1.90. The van der Waals surface area contributed by atoms with Crippen LogP contribution in [0.5, 0.6) is 5.75 Å². The van der Waals surface area contributed by atoms with Crippen LogP contribution < -0.4 is 10.1 Å². The van der Waals surface area contributed by atoms with Crippen molar-refractivity contribution in [1.29, 1.82) is 0 Å². The van der Waals surface area contributed by atoms with Gasteiger partial charge < -0.3 is 10.1 Å². The zero-order valence-corrected chi connectivity index (χ0v) is 9.87. The van der Waals surface area contributed by atoms with E-state index in [0.717, 1.165) is 6.26 Å². The number of hydrogen-bond donors (Lipinski definition) is 1. The van der Waals surface area contributed by atoms with Crippen molar-refractivity contribution in [3.8, 4) is 5.75 Å². The predicted molar refractivity (Wildman–Crippen MR) is 59.1 cm³/mol. The summed E-state index contributed by atoms with van der Waals surface area (Å²) in [6.07, 6.45) is 1.13. The molecule has 0 aliphatic carbocycles. The van der Waals surface area contributed by atoms with E-state index in [0.29, 0.717) is 5.75 Å². The Morgan fingerprint density at radius 3 is 2.31 bits per heavy atom. The van der Waals surface area contributed by atoms with Gasteiger partial charge in [0.1, 0.15) is 5.75 Å². The highest BCUT2D eigenvalue weighted by Crippen LogP contribution is 2.15. The van der Waals surface area contributed by atoms with E-state index in [2.05, 4.69) is 5.32 Å². The Morgan fingerprint density at radius 1 is 1.31 bits per heavy atom. The summed E-state index contributed by atoms with van der Waals surface area (Å²) in [5.74, 6) is 0.211. The molecule has 6 heteroatoms. The fourth-order valence-corrected chi connectivity index (χ4v) is 1.63. The van der Waals surface area contributed by atoms with Crippen molar-refractivity contribution in [3.63, 3.8) is 0 Å². The molecule has 0 aromatic heterocycles. The van der Waals surface area contributed by atoms with E-state index in [9.17, 15) is 13.2 Å². The van der Waals surface area contributed by atoms with Gasteiger partial charge in [-0.15, -0.1) is 0 Å². The summed E-state index contributed by atoms with van der Waals surface area (Å²) in [7, 11) is -1.68. The molecule has 1 rings (SSSR count). The smallest absolute Gasteiger partial charge is 0.257 e. The third-order valence-corrected chi connectivity index (χ3v) is 3.03. The van der Waals surface area contributed by atoms with Crippen molar-refractivity contribution >= 4 is 15.7 Å². The van der Waals surface area contributed by atoms with Crippen LogP contribution in [0.2, 0.25) is 0 Å². The molecule has 0 heterocycles. The van der Waals surface area contributed by atoms with Crippen LogP contribution in [-0.2, 0) is 14.6 Å². The summed E-state index contributed by atoms with van der Waals surface area (Å²) in [4.78, 5) is 11.1. The number of carbonyl (C=O) groups excluding carboxylic acids is 1. The van der Waals surface area contributed by atoms with Gasteiger partial charge in [-0.25, -0.2) is 8.42 Å². The lowest BCUT2D eigenvalue weighted by Gasteiger charge is -2.05. The average Bonchev–Trinajstić information content (AvgIpc) is 2.25. The first-order valence-corrected chi connectivity index (χ1v) is 6.46. The molecule has 0 spiro atoms. The van der Waals surface area contributed by atoms with Gasteiger partial charge in [0.05, 0.1) is 4.90 Å². The van der Waals surface area contributed by atoms with E-state index in [1.807, 2.05) is 0 Å². The summed E-state index contributed by atoms with van der Waals surface area (Å²) < 4.78 is 27.4. The molecule has 16 heavy (non-hydrogen) atoms. The zero-order chi connectivity index (χ0) is 12.2. The molecule has 0 fully saturated rings. The molecule has 1 amide bonds. The van der Waals surface area contributed by atoms with Gasteiger partial charge in [-0.1, -0.05) is 0 Å². The molecule has 0 radical (unpaired) electrons. The van der Waals surface area contributed by atoms with Gasteiger partial charge in [0, 0.05) is 13.3 Å². The lowest BCUT2D eigenvalue weighted by atomic mass is 10.3. The molecule has 0 bridgehead atoms. The molecule has 0 saturated carbocycles. The summed E-state index contributed by atoms with van der Waals surface area (Å²) in [5.41, 5.74) is 0. The van der Waals surface area contributed by atoms with E-state index < -0.39 is 9.84 Å². The molecule has 1 N–H and O–H groups in total. The molecule has 0 aliphatic heterocycles. The maximum atomic E-state index is 11.2. The van der Waals surface area contributed by atoms with Crippen molar-refractivity contribution < 1.29 is 17.9 Å². The van der Waals surface area contributed by atoms with Gasteiger partial charge in [-0.05, 0) is 24.3 Å². The van der Waals surface area contributed by atoms with Gasteiger partial charge >= 0.3 is 0 Å². The maximum absolute atomic E-state index is 11.2. The monoisotopic (exact) mass is 243 g/mol. The molecular weight excluding hydrogens is 230 g/mol. The highest BCUT2D eigenvalue weighted by molar-refractivity contribution is 7.90. The molecule has 5 nitrogen and oxygen atoms in total. The number of benzene rings is 1. The zero-order valence-electron chi connectivity index (χ0n) is 9.06. The molecule has 0 atom stereocenters. The lowest BCUT2D eigenvalue weighted by molar-refractivity contribution is -0.122. The fourth-order valence-electron chi connectivity index (χ4n) is 1.00. The molecule has 0 unspecified atom stereocenters. The Labute approximate surface area is 94.3 Å².